The van der Waals surface area contributed by atoms with Gasteiger partial charge in [0.15, 0.2) is 0 Å². The first-order valence-electron chi connectivity index (χ1n) is 24.0. The molecule has 0 saturated carbocycles. The summed E-state index contributed by atoms with van der Waals surface area (Å²) in [6, 6.07) is -0.727. The Balaban J connectivity index is 4.76. The molecule has 0 spiro atoms. The quantitative estimate of drug-likeness (QED) is 0.0247. The van der Waals surface area contributed by atoms with Crippen LogP contribution in [0.15, 0.2) is 97.2 Å². The maximum Gasteiger partial charge on any atom is 0.306 e. The molecule has 336 valence electrons. The minimum absolute atomic E-state index is 0.0286. The van der Waals surface area contributed by atoms with Crippen molar-refractivity contribution in [2.75, 3.05) is 6.61 Å². The van der Waals surface area contributed by atoms with Crippen molar-refractivity contribution in [2.24, 2.45) is 0 Å². The number of esters is 1. The zero-order chi connectivity index (χ0) is 43.1. The lowest BCUT2D eigenvalue weighted by atomic mass is 10.0. The van der Waals surface area contributed by atoms with Gasteiger partial charge in [-0.3, -0.25) is 9.59 Å². The molecule has 3 atom stereocenters. The van der Waals surface area contributed by atoms with E-state index in [-0.39, 0.29) is 31.3 Å². The maximum atomic E-state index is 13.2. The normalized spacial score (nSPS) is 14.2. The second-order valence-electron chi connectivity index (χ2n) is 15.8. The minimum Gasteiger partial charge on any atom is -0.462 e. The van der Waals surface area contributed by atoms with Gasteiger partial charge in [-0.1, -0.05) is 208 Å². The number of rotatable bonds is 41. The van der Waals surface area contributed by atoms with Crippen LogP contribution in [0.3, 0.4) is 0 Å². The van der Waals surface area contributed by atoms with Crippen LogP contribution in [0.25, 0.3) is 0 Å². The van der Waals surface area contributed by atoms with Crippen LogP contribution < -0.4 is 5.32 Å². The van der Waals surface area contributed by atoms with Gasteiger partial charge in [0.25, 0.3) is 0 Å². The molecular weight excluding hydrogens is 731 g/mol. The Kier molecular flexibility index (Phi) is 43.4. The first-order chi connectivity index (χ1) is 29.0. The van der Waals surface area contributed by atoms with E-state index in [4.69, 9.17) is 4.74 Å². The molecule has 59 heavy (non-hydrogen) atoms. The Bertz CT molecular complexity index is 1190. The predicted molar refractivity (Wildman–Crippen MR) is 254 cm³/mol. The van der Waals surface area contributed by atoms with Crippen molar-refractivity contribution < 1.29 is 24.5 Å². The number of aliphatic hydroxyl groups is 2. The van der Waals surface area contributed by atoms with Gasteiger partial charge in [-0.15, -0.1) is 0 Å². The molecule has 0 radical (unpaired) electrons. The van der Waals surface area contributed by atoms with Crippen LogP contribution in [0, 0.1) is 0 Å². The molecule has 6 heteroatoms. The smallest absolute Gasteiger partial charge is 0.306 e. The average molecular weight is 820 g/mol. The number of carbonyl (C=O) groups is 2. The Hall–Kier alpha value is -3.22. The van der Waals surface area contributed by atoms with Crippen molar-refractivity contribution >= 4 is 11.9 Å². The molecule has 0 heterocycles. The first-order valence-corrected chi connectivity index (χ1v) is 24.0. The number of carbonyl (C=O) groups excluding carboxylic acids is 2. The van der Waals surface area contributed by atoms with Crippen LogP contribution >= 0.6 is 0 Å². The molecule has 0 aliphatic rings. The second kappa shape index (κ2) is 45.9. The third-order valence-corrected chi connectivity index (χ3v) is 10.2. The highest BCUT2D eigenvalue weighted by atomic mass is 16.5. The lowest BCUT2D eigenvalue weighted by Crippen LogP contribution is -2.46. The van der Waals surface area contributed by atoms with Crippen LogP contribution in [0.5, 0.6) is 0 Å². The van der Waals surface area contributed by atoms with E-state index in [0.29, 0.717) is 19.3 Å². The molecule has 3 unspecified atom stereocenters. The number of aliphatic hydroxyl groups excluding tert-OH is 2. The average Bonchev–Trinajstić information content (AvgIpc) is 3.23. The third kappa shape index (κ3) is 41.3. The third-order valence-electron chi connectivity index (χ3n) is 10.2. The highest BCUT2D eigenvalue weighted by Crippen LogP contribution is 2.17. The highest BCUT2D eigenvalue weighted by molar-refractivity contribution is 5.77. The number of amides is 1. The van der Waals surface area contributed by atoms with Crippen molar-refractivity contribution in [3.8, 4) is 0 Å². The minimum atomic E-state index is -0.809. The number of hydrogen-bond acceptors (Lipinski definition) is 5. The topological polar surface area (TPSA) is 95.9 Å². The molecule has 0 fully saturated rings. The summed E-state index contributed by atoms with van der Waals surface area (Å²) >= 11 is 0. The van der Waals surface area contributed by atoms with E-state index in [0.717, 1.165) is 96.3 Å². The summed E-state index contributed by atoms with van der Waals surface area (Å²) in [6.45, 7) is 6.19. The molecule has 3 N–H and O–H groups in total. The summed E-state index contributed by atoms with van der Waals surface area (Å²) in [5.41, 5.74) is 0. The number of hydrogen-bond donors (Lipinski definition) is 3. The summed E-state index contributed by atoms with van der Waals surface area (Å²) in [7, 11) is 0. The molecule has 1 amide bonds. The number of ether oxygens (including phenoxy) is 1. The Morgan fingerprint density at radius 2 is 1.00 bits per heavy atom. The summed E-state index contributed by atoms with van der Waals surface area (Å²) in [5, 5.41) is 23.7. The summed E-state index contributed by atoms with van der Waals surface area (Å²) in [4.78, 5) is 26.0. The fourth-order valence-electron chi connectivity index (χ4n) is 6.65. The van der Waals surface area contributed by atoms with Crippen molar-refractivity contribution in [1.82, 2.24) is 5.32 Å². The van der Waals surface area contributed by atoms with Crippen LogP contribution in [0.2, 0.25) is 0 Å². The molecule has 0 aromatic heterocycles. The van der Waals surface area contributed by atoms with Crippen molar-refractivity contribution in [2.45, 2.75) is 219 Å². The van der Waals surface area contributed by atoms with E-state index in [1.165, 1.54) is 51.4 Å². The maximum absolute atomic E-state index is 13.2. The zero-order valence-electron chi connectivity index (χ0n) is 38.1. The molecule has 0 saturated heterocycles. The fraction of sp³-hybridized carbons (Fsp3) is 0.660. The lowest BCUT2D eigenvalue weighted by molar-refractivity contribution is -0.150. The van der Waals surface area contributed by atoms with Gasteiger partial charge in [-0.05, 0) is 77.0 Å². The standard InChI is InChI=1S/C53H89NO5/c1-4-7-10-13-16-19-22-24-25-26-28-31-34-37-40-43-46-53(58)59-49(44-41-38-35-32-30-27-23-20-17-14-11-8-5-2)47-52(57)54-50(48-55)51(56)45-42-39-36-33-29-21-18-15-12-9-6-3/h7-8,10-11,14,16-17,19-20,23-25,28,31,37,40,49-51,55-56H,4-6,9,12-13,15,18,21-22,26-27,29-30,32-36,38-39,41-48H2,1-3H3,(H,54,57)/b10-7+,11-8+,17-14+,19-16+,23-20+,25-24+,31-28+,40-37+. The van der Waals surface area contributed by atoms with Gasteiger partial charge in [-0.2, -0.15) is 0 Å². The summed E-state index contributed by atoms with van der Waals surface area (Å²) in [5.74, 6) is -0.603. The Morgan fingerprint density at radius 1 is 0.525 bits per heavy atom. The molecule has 0 aromatic rings. The molecule has 0 aliphatic heterocycles. The largest absolute Gasteiger partial charge is 0.462 e. The monoisotopic (exact) mass is 820 g/mol. The van der Waals surface area contributed by atoms with E-state index in [1.54, 1.807) is 0 Å². The van der Waals surface area contributed by atoms with Crippen LogP contribution in [-0.2, 0) is 14.3 Å². The molecule has 6 nitrogen and oxygen atoms in total. The van der Waals surface area contributed by atoms with Gasteiger partial charge in [0.2, 0.25) is 5.91 Å². The van der Waals surface area contributed by atoms with Crippen molar-refractivity contribution in [3.63, 3.8) is 0 Å². The fourth-order valence-corrected chi connectivity index (χ4v) is 6.65. The van der Waals surface area contributed by atoms with E-state index >= 15 is 0 Å². The number of allylic oxidation sites excluding steroid dienone is 16. The molecule has 0 aliphatic carbocycles. The molecule has 0 aromatic carbocycles. The summed E-state index contributed by atoms with van der Waals surface area (Å²) in [6.07, 6.45) is 60.4. The van der Waals surface area contributed by atoms with Gasteiger partial charge in [0.05, 0.1) is 25.2 Å². The predicted octanol–water partition coefficient (Wildman–Crippen LogP) is 14.2. The van der Waals surface area contributed by atoms with Crippen molar-refractivity contribution in [1.29, 1.82) is 0 Å². The van der Waals surface area contributed by atoms with Gasteiger partial charge in [0, 0.05) is 6.42 Å². The van der Waals surface area contributed by atoms with Crippen LogP contribution in [0.4, 0.5) is 0 Å². The Labute approximate surface area is 363 Å². The lowest BCUT2D eigenvalue weighted by Gasteiger charge is -2.24. The van der Waals surface area contributed by atoms with E-state index in [9.17, 15) is 19.8 Å². The number of nitrogens with one attached hydrogen (secondary N) is 1. The zero-order valence-corrected chi connectivity index (χ0v) is 38.1. The van der Waals surface area contributed by atoms with Gasteiger partial charge < -0.3 is 20.3 Å². The van der Waals surface area contributed by atoms with Crippen LogP contribution in [0.1, 0.15) is 201 Å². The van der Waals surface area contributed by atoms with Gasteiger partial charge >= 0.3 is 5.97 Å². The number of unbranched alkanes of at least 4 members (excludes halogenated alkanes) is 15. The van der Waals surface area contributed by atoms with Gasteiger partial charge in [-0.25, -0.2) is 0 Å². The van der Waals surface area contributed by atoms with E-state index in [2.05, 4.69) is 117 Å². The highest BCUT2D eigenvalue weighted by Gasteiger charge is 2.24. The van der Waals surface area contributed by atoms with Gasteiger partial charge in [0.1, 0.15) is 6.10 Å². The molecule has 0 rings (SSSR count). The SMILES string of the molecule is CC/C=C/C=C/C=C/CCCCCCCC(CC(=O)NC(CO)C(O)CCCCCCCCCCCCC)OC(=O)CC/C=C/C/C=C/C/C=C/C/C=C/C/C=C/CC. The molecular formula is C53H89NO5. The van der Waals surface area contributed by atoms with Crippen molar-refractivity contribution in [3.05, 3.63) is 97.2 Å². The molecule has 0 bridgehead atoms. The first kappa shape index (κ1) is 55.8. The van der Waals surface area contributed by atoms with E-state index in [1.807, 2.05) is 6.08 Å². The van der Waals surface area contributed by atoms with Crippen LogP contribution in [-0.4, -0.2) is 46.9 Å². The Morgan fingerprint density at radius 3 is 1.54 bits per heavy atom. The second-order valence-corrected chi connectivity index (χ2v) is 15.8. The summed E-state index contributed by atoms with van der Waals surface area (Å²) < 4.78 is 5.86. The van der Waals surface area contributed by atoms with E-state index < -0.39 is 18.2 Å².